The predicted octanol–water partition coefficient (Wildman–Crippen LogP) is 11.5. The molecule has 0 spiro atoms. The Morgan fingerprint density at radius 3 is 1.96 bits per heavy atom. The number of rotatable bonds is 5. The molecule has 3 aromatic heterocycles. The van der Waals surface area contributed by atoms with Crippen molar-refractivity contribution in [1.29, 1.82) is 0 Å². The number of hydrogen-bond donors (Lipinski definition) is 0. The zero-order valence-corrected chi connectivity index (χ0v) is 26.5. The minimum absolute atomic E-state index is 0.0168. The van der Waals surface area contributed by atoms with Crippen molar-refractivity contribution in [2.24, 2.45) is 0 Å². The Hall–Kier alpha value is -6.85. The highest BCUT2D eigenvalue weighted by molar-refractivity contribution is 6.15. The van der Waals surface area contributed by atoms with Crippen molar-refractivity contribution in [1.82, 2.24) is 19.5 Å². The standard InChI is InChI=1S/C45H28N4O/c1-4-13-29(14-5-1)43-46-44(30-15-6-2-7-16-30)48-45(47-43)32-23-25-36-41(28-32)50-40-22-12-20-34(42(36)40)31-24-26-39-37(27-31)35-19-10-11-21-38(35)49(39)33-17-8-3-9-18-33/h1-28H/i1D,4D,5D,13D,14D. The first kappa shape index (κ1) is 23.5. The van der Waals surface area contributed by atoms with Gasteiger partial charge in [-0.1, -0.05) is 121 Å². The normalized spacial score (nSPS) is 13.0. The summed E-state index contributed by atoms with van der Waals surface area (Å²) in [5, 5.41) is 4.23. The van der Waals surface area contributed by atoms with Crippen LogP contribution in [0.4, 0.5) is 0 Å². The molecular weight excluding hydrogens is 613 g/mol. The molecule has 10 aromatic rings. The smallest absolute Gasteiger partial charge is 0.164 e. The Morgan fingerprint density at radius 2 is 1.14 bits per heavy atom. The van der Waals surface area contributed by atoms with Crippen molar-refractivity contribution in [3.8, 4) is 51.0 Å². The van der Waals surface area contributed by atoms with Crippen LogP contribution < -0.4 is 0 Å². The molecule has 0 atom stereocenters. The van der Waals surface area contributed by atoms with E-state index in [2.05, 4.69) is 82.3 Å². The lowest BCUT2D eigenvalue weighted by molar-refractivity contribution is 0.669. The fraction of sp³-hybridized carbons (Fsp3) is 0. The molecule has 0 fully saturated rings. The van der Waals surface area contributed by atoms with Gasteiger partial charge < -0.3 is 8.98 Å². The van der Waals surface area contributed by atoms with Gasteiger partial charge in [0.25, 0.3) is 0 Å². The molecule has 50 heavy (non-hydrogen) atoms. The van der Waals surface area contributed by atoms with Crippen LogP contribution in [0.25, 0.3) is 94.7 Å². The highest BCUT2D eigenvalue weighted by atomic mass is 16.3. The summed E-state index contributed by atoms with van der Waals surface area (Å²) < 4.78 is 50.7. The lowest BCUT2D eigenvalue weighted by Crippen LogP contribution is -2.00. The van der Waals surface area contributed by atoms with Gasteiger partial charge in [-0.2, -0.15) is 0 Å². The highest BCUT2D eigenvalue weighted by Crippen LogP contribution is 2.41. The van der Waals surface area contributed by atoms with Crippen molar-refractivity contribution in [3.63, 3.8) is 0 Å². The molecule has 0 N–H and O–H groups in total. The van der Waals surface area contributed by atoms with Gasteiger partial charge in [0.2, 0.25) is 0 Å². The van der Waals surface area contributed by atoms with Crippen LogP contribution in [0.2, 0.25) is 0 Å². The summed E-state index contributed by atoms with van der Waals surface area (Å²) in [7, 11) is 0. The Labute approximate surface area is 294 Å². The Kier molecular flexibility index (Phi) is 5.35. The number of hydrogen-bond acceptors (Lipinski definition) is 4. The number of para-hydroxylation sites is 2. The maximum Gasteiger partial charge on any atom is 0.164 e. The molecule has 0 aliphatic carbocycles. The summed E-state index contributed by atoms with van der Waals surface area (Å²) in [4.78, 5) is 14.1. The van der Waals surface area contributed by atoms with E-state index in [1.54, 1.807) is 0 Å². The molecule has 0 saturated heterocycles. The minimum Gasteiger partial charge on any atom is -0.456 e. The molecule has 10 rings (SSSR count). The van der Waals surface area contributed by atoms with Crippen LogP contribution in [0.5, 0.6) is 0 Å². The summed E-state index contributed by atoms with van der Waals surface area (Å²) in [5.74, 6) is 0.568. The lowest BCUT2D eigenvalue weighted by Gasteiger charge is -2.09. The molecule has 234 valence electrons. The zero-order valence-electron chi connectivity index (χ0n) is 31.5. The summed E-state index contributed by atoms with van der Waals surface area (Å²) in [6, 6.07) is 44.5. The van der Waals surface area contributed by atoms with Crippen LogP contribution >= 0.6 is 0 Å². The molecule has 3 heterocycles. The average Bonchev–Trinajstić information content (AvgIpc) is 3.78. The van der Waals surface area contributed by atoms with Crippen LogP contribution in [-0.2, 0) is 0 Å². The van der Waals surface area contributed by atoms with E-state index in [0.29, 0.717) is 22.5 Å². The quantitative estimate of drug-likeness (QED) is 0.187. The fourth-order valence-electron chi connectivity index (χ4n) is 6.90. The first-order chi connectivity index (χ1) is 26.9. The van der Waals surface area contributed by atoms with E-state index in [4.69, 9.17) is 21.2 Å². The minimum atomic E-state index is -0.482. The van der Waals surface area contributed by atoms with Crippen LogP contribution in [0.3, 0.4) is 0 Å². The van der Waals surface area contributed by atoms with Crippen LogP contribution in [0.1, 0.15) is 6.85 Å². The predicted molar refractivity (Wildman–Crippen MR) is 203 cm³/mol. The van der Waals surface area contributed by atoms with Crippen molar-refractivity contribution < 1.29 is 11.3 Å². The van der Waals surface area contributed by atoms with Crippen LogP contribution in [0.15, 0.2) is 174 Å². The molecule has 0 amide bonds. The second kappa shape index (κ2) is 11.4. The van der Waals surface area contributed by atoms with E-state index in [-0.39, 0.29) is 29.3 Å². The van der Waals surface area contributed by atoms with Gasteiger partial charge in [-0.05, 0) is 59.7 Å². The van der Waals surface area contributed by atoms with Gasteiger partial charge in [0.05, 0.1) is 17.9 Å². The topological polar surface area (TPSA) is 56.7 Å². The fourth-order valence-corrected chi connectivity index (χ4v) is 6.90. The molecule has 0 aliphatic rings. The third kappa shape index (κ3) is 4.60. The van der Waals surface area contributed by atoms with Crippen molar-refractivity contribution in [3.05, 3.63) is 170 Å². The highest BCUT2D eigenvalue weighted by Gasteiger charge is 2.18. The Balaban J connectivity index is 1.14. The van der Waals surface area contributed by atoms with Gasteiger partial charge in [0, 0.05) is 43.9 Å². The second-order valence-corrected chi connectivity index (χ2v) is 12.1. The molecule has 0 radical (unpaired) electrons. The summed E-state index contributed by atoms with van der Waals surface area (Å²) in [6.07, 6.45) is 0. The van der Waals surface area contributed by atoms with Gasteiger partial charge in [-0.25, -0.2) is 15.0 Å². The molecule has 5 heteroatoms. The maximum absolute atomic E-state index is 8.62. The van der Waals surface area contributed by atoms with Gasteiger partial charge >= 0.3 is 0 Å². The van der Waals surface area contributed by atoms with Gasteiger partial charge in [-0.3, -0.25) is 0 Å². The van der Waals surface area contributed by atoms with Crippen molar-refractivity contribution >= 4 is 43.7 Å². The maximum atomic E-state index is 8.62. The number of nitrogens with zero attached hydrogens (tertiary/aromatic N) is 4. The monoisotopic (exact) mass is 645 g/mol. The zero-order chi connectivity index (χ0) is 37.4. The number of benzene rings is 7. The number of furan rings is 1. The summed E-state index contributed by atoms with van der Waals surface area (Å²) >= 11 is 0. The number of fused-ring (bicyclic) bond motifs is 6. The van der Waals surface area contributed by atoms with E-state index < -0.39 is 18.1 Å². The van der Waals surface area contributed by atoms with Crippen molar-refractivity contribution in [2.75, 3.05) is 0 Å². The molecule has 5 nitrogen and oxygen atoms in total. The lowest BCUT2D eigenvalue weighted by atomic mass is 9.97. The van der Waals surface area contributed by atoms with Crippen molar-refractivity contribution in [2.45, 2.75) is 0 Å². The average molecular weight is 646 g/mol. The summed E-state index contributed by atoms with van der Waals surface area (Å²) in [6.45, 7) is 0. The van der Waals surface area contributed by atoms with Crippen LogP contribution in [-0.4, -0.2) is 19.5 Å². The van der Waals surface area contributed by atoms with Gasteiger partial charge in [-0.15, -0.1) is 0 Å². The third-order valence-corrected chi connectivity index (χ3v) is 9.14. The van der Waals surface area contributed by atoms with Gasteiger partial charge in [0.15, 0.2) is 17.5 Å². The van der Waals surface area contributed by atoms with E-state index in [1.807, 2.05) is 66.7 Å². The second-order valence-electron chi connectivity index (χ2n) is 12.1. The van der Waals surface area contributed by atoms with E-state index in [9.17, 15) is 0 Å². The Bertz CT molecular complexity index is 3130. The molecule has 0 saturated carbocycles. The molecule has 7 aromatic carbocycles. The first-order valence-corrected chi connectivity index (χ1v) is 16.3. The van der Waals surface area contributed by atoms with E-state index in [0.717, 1.165) is 49.6 Å². The van der Waals surface area contributed by atoms with Gasteiger partial charge in [0.1, 0.15) is 11.2 Å². The Morgan fingerprint density at radius 1 is 0.460 bits per heavy atom. The number of aromatic nitrogens is 4. The first-order valence-electron chi connectivity index (χ1n) is 18.8. The van der Waals surface area contributed by atoms with E-state index in [1.165, 1.54) is 5.39 Å². The largest absolute Gasteiger partial charge is 0.456 e. The van der Waals surface area contributed by atoms with Crippen LogP contribution in [0, 0.1) is 0 Å². The SMILES string of the molecule is [2H]c1c([2H])c([2H])c(-c2nc(-c3ccccc3)nc(-c3ccc4c(c3)oc3cccc(-c5ccc6c(c5)c5ccccc5n6-c5ccccc5)c34)n2)c([2H])c1[2H]. The summed E-state index contributed by atoms with van der Waals surface area (Å²) in [5.41, 5.74) is 8.06. The molecule has 0 aliphatic heterocycles. The third-order valence-electron chi connectivity index (χ3n) is 9.14. The molecule has 0 bridgehead atoms. The van der Waals surface area contributed by atoms with E-state index >= 15 is 0 Å². The molecule has 0 unspecified atom stereocenters. The molecular formula is C45H28N4O.